The molecular weight excluding hydrogens is 420 g/mol. The molecule has 3 aromatic rings. The lowest BCUT2D eigenvalue weighted by Crippen LogP contribution is -2.31. The van der Waals surface area contributed by atoms with E-state index >= 15 is 0 Å². The van der Waals surface area contributed by atoms with Crippen LogP contribution in [0.15, 0.2) is 30.6 Å². The summed E-state index contributed by atoms with van der Waals surface area (Å²) in [6.07, 6.45) is 7.66. The number of aryl methyl sites for hydroxylation is 1. The fourth-order valence-electron chi connectivity index (χ4n) is 5.02. The Morgan fingerprint density at radius 1 is 1.21 bits per heavy atom. The highest BCUT2D eigenvalue weighted by Gasteiger charge is 2.29. The van der Waals surface area contributed by atoms with Crippen LogP contribution < -0.4 is 10.1 Å². The summed E-state index contributed by atoms with van der Waals surface area (Å²) in [7, 11) is 1.53. The lowest BCUT2D eigenvalue weighted by molar-refractivity contribution is -0.0507. The Hall–Kier alpha value is -3.20. The van der Waals surface area contributed by atoms with Gasteiger partial charge < -0.3 is 19.4 Å². The van der Waals surface area contributed by atoms with Crippen LogP contribution in [-0.4, -0.2) is 49.5 Å². The minimum Gasteiger partial charge on any atom is -0.479 e. The lowest BCUT2D eigenvalue weighted by Gasteiger charge is -2.32. The number of aromatic nitrogens is 5. The van der Waals surface area contributed by atoms with Crippen LogP contribution in [0.5, 0.6) is 5.88 Å². The molecule has 1 fully saturated rings. The van der Waals surface area contributed by atoms with Crippen molar-refractivity contribution in [3.05, 3.63) is 42.0 Å². The van der Waals surface area contributed by atoms with Crippen molar-refractivity contribution in [2.24, 2.45) is 0 Å². The molecular formula is C24H30N6O3. The monoisotopic (exact) mass is 450 g/mol. The van der Waals surface area contributed by atoms with E-state index < -0.39 is 0 Å². The zero-order valence-electron chi connectivity index (χ0n) is 19.5. The van der Waals surface area contributed by atoms with Crippen LogP contribution in [0.2, 0.25) is 0 Å². The average Bonchev–Trinajstić information content (AvgIpc) is 3.49. The number of nitrogens with one attached hydrogen (secondary N) is 1. The zero-order chi connectivity index (χ0) is 23.1. The molecule has 1 saturated heterocycles. The molecule has 4 atom stereocenters. The van der Waals surface area contributed by atoms with Gasteiger partial charge in [-0.25, -0.2) is 9.97 Å². The highest BCUT2D eigenvalue weighted by Crippen LogP contribution is 2.33. The number of carbonyl (C=O) groups excluding carboxylic acids is 1. The smallest absolute Gasteiger partial charge is 0.263 e. The highest BCUT2D eigenvalue weighted by atomic mass is 16.5. The molecule has 1 N–H and O–H groups in total. The van der Waals surface area contributed by atoms with Gasteiger partial charge in [0.05, 0.1) is 42.9 Å². The Balaban J connectivity index is 1.37. The SMILES string of the molecule is COc1nn(C2C[C@@H](C)O[C@@H](C)C2)cc1C(=O)Nc1cccc(-c2cnc3n2C(C)CC3)n1. The maximum absolute atomic E-state index is 13.1. The van der Waals surface area contributed by atoms with Gasteiger partial charge in [-0.05, 0) is 52.2 Å². The van der Waals surface area contributed by atoms with Crippen molar-refractivity contribution in [3.63, 3.8) is 0 Å². The zero-order valence-corrected chi connectivity index (χ0v) is 19.5. The molecule has 0 aromatic carbocycles. The number of fused-ring (bicyclic) bond motifs is 1. The fraction of sp³-hybridized carbons (Fsp3) is 0.500. The van der Waals surface area contributed by atoms with Crippen LogP contribution in [0.3, 0.4) is 0 Å². The van der Waals surface area contributed by atoms with E-state index in [4.69, 9.17) is 9.47 Å². The number of hydrogen-bond donors (Lipinski definition) is 1. The van der Waals surface area contributed by atoms with Crippen LogP contribution in [-0.2, 0) is 11.2 Å². The Bertz CT molecular complexity index is 1160. The van der Waals surface area contributed by atoms with Crippen molar-refractivity contribution in [1.82, 2.24) is 24.3 Å². The summed E-state index contributed by atoms with van der Waals surface area (Å²) in [4.78, 5) is 22.4. The molecule has 2 aliphatic rings. The van der Waals surface area contributed by atoms with E-state index in [1.807, 2.05) is 23.0 Å². The molecule has 174 valence electrons. The molecule has 33 heavy (non-hydrogen) atoms. The van der Waals surface area contributed by atoms with Crippen LogP contribution in [0.4, 0.5) is 5.82 Å². The molecule has 3 aromatic heterocycles. The van der Waals surface area contributed by atoms with Crippen LogP contribution in [0.1, 0.15) is 68.3 Å². The predicted molar refractivity (Wildman–Crippen MR) is 124 cm³/mol. The Morgan fingerprint density at radius 3 is 2.76 bits per heavy atom. The molecule has 9 nitrogen and oxygen atoms in total. The first-order valence-corrected chi connectivity index (χ1v) is 11.6. The van der Waals surface area contributed by atoms with Crippen LogP contribution >= 0.6 is 0 Å². The molecule has 9 heteroatoms. The molecule has 0 bridgehead atoms. The number of ether oxygens (including phenoxy) is 2. The first kappa shape index (κ1) is 21.6. The van der Waals surface area contributed by atoms with Gasteiger partial charge in [0.15, 0.2) is 0 Å². The third-order valence-electron chi connectivity index (χ3n) is 6.54. The number of amides is 1. The number of methoxy groups -OCH3 is 1. The number of rotatable bonds is 5. The molecule has 0 spiro atoms. The molecule has 0 aliphatic carbocycles. The highest BCUT2D eigenvalue weighted by molar-refractivity contribution is 6.05. The summed E-state index contributed by atoms with van der Waals surface area (Å²) in [5, 5.41) is 7.45. The van der Waals surface area contributed by atoms with Crippen LogP contribution in [0, 0.1) is 0 Å². The number of anilines is 1. The van der Waals surface area contributed by atoms with E-state index in [9.17, 15) is 4.79 Å². The molecule has 0 radical (unpaired) electrons. The first-order valence-electron chi connectivity index (χ1n) is 11.6. The normalized spacial score (nSPS) is 24.5. The summed E-state index contributed by atoms with van der Waals surface area (Å²) in [5.74, 6) is 1.56. The van der Waals surface area contributed by atoms with Gasteiger partial charge in [0.2, 0.25) is 5.88 Å². The lowest BCUT2D eigenvalue weighted by atomic mass is 10.0. The maximum atomic E-state index is 13.1. The predicted octanol–water partition coefficient (Wildman–Crippen LogP) is 4.04. The van der Waals surface area contributed by atoms with E-state index in [2.05, 4.69) is 45.7 Å². The summed E-state index contributed by atoms with van der Waals surface area (Å²) >= 11 is 0. The minimum atomic E-state index is -0.303. The van der Waals surface area contributed by atoms with E-state index in [1.54, 1.807) is 12.3 Å². The van der Waals surface area contributed by atoms with Gasteiger partial charge >= 0.3 is 0 Å². The van der Waals surface area contributed by atoms with Crippen molar-refractivity contribution in [3.8, 4) is 17.3 Å². The quantitative estimate of drug-likeness (QED) is 0.630. The van der Waals surface area contributed by atoms with Gasteiger partial charge in [0.25, 0.3) is 5.91 Å². The van der Waals surface area contributed by atoms with Crippen molar-refractivity contribution >= 4 is 11.7 Å². The molecule has 2 unspecified atom stereocenters. The number of pyridine rings is 1. The second-order valence-electron chi connectivity index (χ2n) is 9.09. The molecule has 5 heterocycles. The fourth-order valence-corrected chi connectivity index (χ4v) is 5.02. The van der Waals surface area contributed by atoms with Gasteiger partial charge in [-0.1, -0.05) is 6.07 Å². The Labute approximate surface area is 193 Å². The largest absolute Gasteiger partial charge is 0.479 e. The number of carbonyl (C=O) groups is 1. The Morgan fingerprint density at radius 2 is 2.00 bits per heavy atom. The van der Waals surface area contributed by atoms with E-state index in [0.717, 1.165) is 42.9 Å². The molecule has 2 aliphatic heterocycles. The van der Waals surface area contributed by atoms with Crippen molar-refractivity contribution in [1.29, 1.82) is 0 Å². The van der Waals surface area contributed by atoms with Gasteiger partial charge in [-0.3, -0.25) is 9.48 Å². The third kappa shape index (κ3) is 4.13. The standard InChI is InChI=1S/C24H30N6O3/c1-14-8-9-22-25-12-20(30(14)22)19-6-5-7-21(26-19)27-23(31)18-13-29(28-24(18)32-4)17-10-15(2)33-16(3)11-17/h5-7,12-17H,8-11H2,1-4H3,(H,26,27,31)/t14?,15-,16+,17?. The summed E-state index contributed by atoms with van der Waals surface area (Å²) < 4.78 is 15.3. The Kier molecular flexibility index (Phi) is 5.65. The second kappa shape index (κ2) is 8.62. The van der Waals surface area contributed by atoms with Crippen molar-refractivity contribution < 1.29 is 14.3 Å². The second-order valence-corrected chi connectivity index (χ2v) is 9.09. The topological polar surface area (TPSA) is 96.1 Å². The van der Waals surface area contributed by atoms with E-state index in [0.29, 0.717) is 23.3 Å². The van der Waals surface area contributed by atoms with E-state index in [-0.39, 0.29) is 24.2 Å². The summed E-state index contributed by atoms with van der Waals surface area (Å²) in [5.41, 5.74) is 2.14. The van der Waals surface area contributed by atoms with Gasteiger partial charge in [0.1, 0.15) is 17.2 Å². The molecule has 1 amide bonds. The van der Waals surface area contributed by atoms with Crippen molar-refractivity contribution in [2.75, 3.05) is 12.4 Å². The van der Waals surface area contributed by atoms with Crippen molar-refractivity contribution in [2.45, 2.75) is 70.7 Å². The van der Waals surface area contributed by atoms with E-state index in [1.165, 1.54) is 7.11 Å². The third-order valence-corrected chi connectivity index (χ3v) is 6.54. The number of hydrogen-bond acceptors (Lipinski definition) is 6. The minimum absolute atomic E-state index is 0.144. The van der Waals surface area contributed by atoms with Crippen LogP contribution in [0.25, 0.3) is 11.4 Å². The maximum Gasteiger partial charge on any atom is 0.263 e. The summed E-state index contributed by atoms with van der Waals surface area (Å²) in [6, 6.07) is 6.17. The van der Waals surface area contributed by atoms with Gasteiger partial charge in [-0.2, -0.15) is 0 Å². The molecule has 5 rings (SSSR count). The number of imidazole rings is 1. The van der Waals surface area contributed by atoms with Gasteiger partial charge in [-0.15, -0.1) is 5.10 Å². The van der Waals surface area contributed by atoms with Gasteiger partial charge in [0, 0.05) is 18.7 Å². The average molecular weight is 451 g/mol. The molecule has 0 saturated carbocycles. The summed E-state index contributed by atoms with van der Waals surface area (Å²) in [6.45, 7) is 6.32. The number of nitrogens with zero attached hydrogens (tertiary/aromatic N) is 5. The first-order chi connectivity index (χ1) is 15.9.